The van der Waals surface area contributed by atoms with Gasteiger partial charge in [0, 0.05) is 5.56 Å². The lowest BCUT2D eigenvalue weighted by atomic mass is 10.1. The van der Waals surface area contributed by atoms with Crippen LogP contribution in [0.5, 0.6) is 5.75 Å². The Labute approximate surface area is 129 Å². The maximum absolute atomic E-state index is 11.9. The van der Waals surface area contributed by atoms with E-state index >= 15 is 0 Å². The molecule has 2 aromatic carbocycles. The van der Waals surface area contributed by atoms with Crippen molar-refractivity contribution in [3.05, 3.63) is 65.7 Å². The van der Waals surface area contributed by atoms with Gasteiger partial charge in [0.1, 0.15) is 5.75 Å². The largest absolute Gasteiger partial charge is 0.496 e. The van der Waals surface area contributed by atoms with E-state index in [9.17, 15) is 9.59 Å². The Morgan fingerprint density at radius 2 is 1.45 bits per heavy atom. The third-order valence-electron chi connectivity index (χ3n) is 3.09. The number of hydrogen-bond donors (Lipinski definition) is 2. The van der Waals surface area contributed by atoms with Crippen molar-refractivity contribution in [1.29, 1.82) is 0 Å². The van der Waals surface area contributed by atoms with E-state index in [0.29, 0.717) is 5.75 Å². The van der Waals surface area contributed by atoms with E-state index < -0.39 is 0 Å². The van der Waals surface area contributed by atoms with Gasteiger partial charge in [-0.2, -0.15) is 0 Å². The maximum atomic E-state index is 11.9. The third-order valence-corrected chi connectivity index (χ3v) is 3.09. The summed E-state index contributed by atoms with van der Waals surface area (Å²) in [6, 6.07) is 16.6. The Hall–Kier alpha value is -2.82. The van der Waals surface area contributed by atoms with E-state index in [2.05, 4.69) is 10.9 Å². The first-order valence-electron chi connectivity index (χ1n) is 6.92. The molecule has 5 nitrogen and oxygen atoms in total. The topological polar surface area (TPSA) is 67.4 Å². The second-order valence-corrected chi connectivity index (χ2v) is 4.75. The minimum atomic E-state index is -0.300. The van der Waals surface area contributed by atoms with Crippen molar-refractivity contribution in [2.45, 2.75) is 12.8 Å². The van der Waals surface area contributed by atoms with E-state index in [4.69, 9.17) is 4.74 Å². The molecule has 0 aromatic heterocycles. The number of carbonyl (C=O) groups is 2. The number of para-hydroxylation sites is 1. The fourth-order valence-corrected chi connectivity index (χ4v) is 2.03. The van der Waals surface area contributed by atoms with Crippen LogP contribution in [0.2, 0.25) is 0 Å². The third kappa shape index (κ3) is 4.63. The lowest BCUT2D eigenvalue weighted by Crippen LogP contribution is -2.43. The van der Waals surface area contributed by atoms with Gasteiger partial charge >= 0.3 is 0 Å². The van der Waals surface area contributed by atoms with E-state index in [1.807, 2.05) is 48.5 Å². The van der Waals surface area contributed by atoms with Crippen molar-refractivity contribution < 1.29 is 14.3 Å². The van der Waals surface area contributed by atoms with Crippen LogP contribution in [0.4, 0.5) is 0 Å². The van der Waals surface area contributed by atoms with E-state index in [-0.39, 0.29) is 24.7 Å². The monoisotopic (exact) mass is 298 g/mol. The molecule has 0 saturated heterocycles. The molecular formula is C17H18N2O3. The molecule has 2 N–H and O–H groups in total. The number of nitrogens with one attached hydrogen (secondary N) is 2. The highest BCUT2D eigenvalue weighted by atomic mass is 16.5. The number of hydrazine groups is 1. The average molecular weight is 298 g/mol. The van der Waals surface area contributed by atoms with Gasteiger partial charge in [-0.1, -0.05) is 48.5 Å². The summed E-state index contributed by atoms with van der Waals surface area (Å²) in [4.78, 5) is 23.6. The zero-order valence-electron chi connectivity index (χ0n) is 12.3. The number of carbonyl (C=O) groups excluding carboxylic acids is 2. The second-order valence-electron chi connectivity index (χ2n) is 4.75. The van der Waals surface area contributed by atoms with Crippen molar-refractivity contribution in [1.82, 2.24) is 10.9 Å². The SMILES string of the molecule is COc1ccccc1CC(=O)NNC(=O)Cc1ccccc1. The van der Waals surface area contributed by atoms with Crippen LogP contribution in [0, 0.1) is 0 Å². The molecule has 0 spiro atoms. The molecule has 114 valence electrons. The van der Waals surface area contributed by atoms with Crippen molar-refractivity contribution in [2.24, 2.45) is 0 Å². The van der Waals surface area contributed by atoms with Gasteiger partial charge in [-0.25, -0.2) is 0 Å². The molecule has 0 bridgehead atoms. The molecular weight excluding hydrogens is 280 g/mol. The van der Waals surface area contributed by atoms with E-state index in [1.165, 1.54) is 0 Å². The Balaban J connectivity index is 1.81. The maximum Gasteiger partial charge on any atom is 0.242 e. The Kier molecular flexibility index (Phi) is 5.54. The van der Waals surface area contributed by atoms with Crippen molar-refractivity contribution >= 4 is 11.8 Å². The normalized spacial score (nSPS) is 9.86. The summed E-state index contributed by atoms with van der Waals surface area (Å²) in [6.45, 7) is 0. The molecule has 0 fully saturated rings. The Morgan fingerprint density at radius 3 is 2.14 bits per heavy atom. The Morgan fingerprint density at radius 1 is 0.864 bits per heavy atom. The summed E-state index contributed by atoms with van der Waals surface area (Å²) in [5.41, 5.74) is 6.47. The summed E-state index contributed by atoms with van der Waals surface area (Å²) < 4.78 is 5.18. The molecule has 0 aliphatic heterocycles. The Bertz CT molecular complexity index is 641. The minimum absolute atomic E-state index is 0.135. The van der Waals surface area contributed by atoms with Gasteiger partial charge in [0.2, 0.25) is 11.8 Å². The molecule has 22 heavy (non-hydrogen) atoms. The summed E-state index contributed by atoms with van der Waals surface area (Å²) in [7, 11) is 1.55. The highest BCUT2D eigenvalue weighted by molar-refractivity contribution is 5.84. The summed E-state index contributed by atoms with van der Waals surface area (Å²) in [5, 5.41) is 0. The van der Waals surface area contributed by atoms with Crippen molar-refractivity contribution in [2.75, 3.05) is 7.11 Å². The zero-order chi connectivity index (χ0) is 15.8. The van der Waals surface area contributed by atoms with Gasteiger partial charge in [-0.05, 0) is 11.6 Å². The van der Waals surface area contributed by atoms with Crippen LogP contribution >= 0.6 is 0 Å². The van der Waals surface area contributed by atoms with Gasteiger partial charge in [0.25, 0.3) is 0 Å². The fourth-order valence-electron chi connectivity index (χ4n) is 2.03. The first-order chi connectivity index (χ1) is 10.7. The number of rotatable bonds is 5. The van der Waals surface area contributed by atoms with Crippen molar-refractivity contribution in [3.63, 3.8) is 0 Å². The smallest absolute Gasteiger partial charge is 0.242 e. The molecule has 0 aliphatic rings. The van der Waals surface area contributed by atoms with Crippen LogP contribution in [-0.4, -0.2) is 18.9 Å². The lowest BCUT2D eigenvalue weighted by Gasteiger charge is -2.10. The summed E-state index contributed by atoms with van der Waals surface area (Å²) in [6.07, 6.45) is 0.353. The van der Waals surface area contributed by atoms with Gasteiger partial charge in [-0.3, -0.25) is 20.4 Å². The van der Waals surface area contributed by atoms with Gasteiger partial charge in [0.15, 0.2) is 0 Å². The van der Waals surface area contributed by atoms with Gasteiger partial charge in [-0.15, -0.1) is 0 Å². The highest BCUT2D eigenvalue weighted by Gasteiger charge is 2.09. The van der Waals surface area contributed by atoms with E-state index in [1.54, 1.807) is 13.2 Å². The van der Waals surface area contributed by atoms with Crippen molar-refractivity contribution in [3.8, 4) is 5.75 Å². The molecule has 5 heteroatoms. The molecule has 0 unspecified atom stereocenters. The quantitative estimate of drug-likeness (QED) is 0.824. The molecule has 0 heterocycles. The van der Waals surface area contributed by atoms with Crippen LogP contribution in [0.25, 0.3) is 0 Å². The predicted octanol–water partition coefficient (Wildman–Crippen LogP) is 1.63. The number of ether oxygens (including phenoxy) is 1. The average Bonchev–Trinajstić information content (AvgIpc) is 2.54. The molecule has 0 saturated carbocycles. The second kappa shape index (κ2) is 7.83. The van der Waals surface area contributed by atoms with Gasteiger partial charge in [0.05, 0.1) is 20.0 Å². The lowest BCUT2D eigenvalue weighted by molar-refractivity contribution is -0.128. The number of amides is 2. The van der Waals surface area contributed by atoms with Crippen LogP contribution in [0.3, 0.4) is 0 Å². The van der Waals surface area contributed by atoms with Crippen LogP contribution < -0.4 is 15.6 Å². The molecule has 0 radical (unpaired) electrons. The summed E-state index contributed by atoms with van der Waals surface area (Å²) in [5.74, 6) is 0.0822. The van der Waals surface area contributed by atoms with E-state index in [0.717, 1.165) is 11.1 Å². The summed E-state index contributed by atoms with van der Waals surface area (Å²) >= 11 is 0. The predicted molar refractivity (Wildman–Crippen MR) is 83.1 cm³/mol. The first-order valence-corrected chi connectivity index (χ1v) is 6.92. The standard InChI is InChI=1S/C17H18N2O3/c1-22-15-10-6-5-9-14(15)12-17(21)19-18-16(20)11-13-7-3-2-4-8-13/h2-10H,11-12H2,1H3,(H,18,20)(H,19,21). The number of methoxy groups -OCH3 is 1. The first kappa shape index (κ1) is 15.6. The molecule has 2 rings (SSSR count). The van der Waals surface area contributed by atoms with Crippen LogP contribution in [-0.2, 0) is 22.4 Å². The molecule has 2 amide bonds. The number of benzene rings is 2. The van der Waals surface area contributed by atoms with Gasteiger partial charge < -0.3 is 4.74 Å². The fraction of sp³-hybridized carbons (Fsp3) is 0.176. The van der Waals surface area contributed by atoms with Crippen LogP contribution in [0.15, 0.2) is 54.6 Å². The zero-order valence-corrected chi connectivity index (χ0v) is 12.3. The number of hydrogen-bond acceptors (Lipinski definition) is 3. The minimum Gasteiger partial charge on any atom is -0.496 e. The molecule has 2 aromatic rings. The highest BCUT2D eigenvalue weighted by Crippen LogP contribution is 2.17. The molecule has 0 atom stereocenters. The molecule has 0 aliphatic carbocycles. The van der Waals surface area contributed by atoms with Crippen LogP contribution in [0.1, 0.15) is 11.1 Å².